The molecule has 12 heterocycles. The third kappa shape index (κ3) is 29.9. The van der Waals surface area contributed by atoms with Crippen molar-refractivity contribution >= 4 is 172 Å². The molecule has 5 aromatic carbocycles. The van der Waals surface area contributed by atoms with Gasteiger partial charge in [0.05, 0.1) is 103 Å². The number of hydrogen-bond donors (Lipinski definition) is 9. The minimum atomic E-state index is -0.805. The summed E-state index contributed by atoms with van der Waals surface area (Å²) in [5.41, 5.74) is 23.8. The first-order chi connectivity index (χ1) is 67.2. The molecular formula is C100H110Cl5N25O17. The molecule has 0 aliphatic carbocycles. The molecule has 17 aromatic rings. The van der Waals surface area contributed by atoms with Gasteiger partial charge in [-0.15, -0.1) is 12.4 Å². The lowest BCUT2D eigenvalue weighted by molar-refractivity contribution is -0.120. The van der Waals surface area contributed by atoms with Crippen molar-refractivity contribution in [3.05, 3.63) is 320 Å². The molecule has 42 nitrogen and oxygen atoms in total. The van der Waals surface area contributed by atoms with Gasteiger partial charge in [-0.3, -0.25) is 37.7 Å². The van der Waals surface area contributed by atoms with Crippen molar-refractivity contribution in [2.75, 3.05) is 40.3 Å². The topological polar surface area (TPSA) is 573 Å². The molecule has 12 aromatic heterocycles. The zero-order valence-electron chi connectivity index (χ0n) is 77.5. The van der Waals surface area contributed by atoms with E-state index >= 15 is 0 Å². The first-order valence-corrected chi connectivity index (χ1v) is 43.9. The van der Waals surface area contributed by atoms with E-state index in [-0.39, 0.29) is 142 Å². The Morgan fingerprint density at radius 3 is 1.31 bits per heavy atom. The Bertz CT molecular complexity index is 7720. The Morgan fingerprint density at radius 2 is 0.891 bits per heavy atom. The fourth-order valence-electron chi connectivity index (χ4n) is 13.8. The van der Waals surface area contributed by atoms with Gasteiger partial charge in [-0.1, -0.05) is 176 Å². The summed E-state index contributed by atoms with van der Waals surface area (Å²) < 4.78 is 48.7. The quantitative estimate of drug-likeness (QED) is 0.0320. The van der Waals surface area contributed by atoms with E-state index in [0.717, 1.165) is 5.39 Å². The number of halogens is 5. The zero-order chi connectivity index (χ0) is 102. The second-order valence-electron chi connectivity index (χ2n) is 32.6. The second-order valence-corrected chi connectivity index (χ2v) is 34.2. The summed E-state index contributed by atoms with van der Waals surface area (Å²) in [6, 6.07) is 38.8. The summed E-state index contributed by atoms with van der Waals surface area (Å²) in [4.78, 5) is 132. The van der Waals surface area contributed by atoms with Crippen LogP contribution in [0.4, 0.5) is 56.1 Å². The van der Waals surface area contributed by atoms with Crippen LogP contribution in [0.5, 0.6) is 6.01 Å². The van der Waals surface area contributed by atoms with Crippen LogP contribution in [0.15, 0.2) is 248 Å². The van der Waals surface area contributed by atoms with Gasteiger partial charge >= 0.3 is 23.8 Å². The van der Waals surface area contributed by atoms with E-state index in [1.807, 2.05) is 63.2 Å². The number of carbonyl (C=O) groups is 4. The molecule has 17 rings (SSSR count). The molecule has 13 N–H and O–H groups in total. The second kappa shape index (κ2) is 52.9. The maximum atomic E-state index is 14.0. The molecule has 3 amide bonds. The fourth-order valence-corrected chi connectivity index (χ4v) is 14.8. The van der Waals surface area contributed by atoms with E-state index in [4.69, 9.17) is 115 Å². The van der Waals surface area contributed by atoms with Crippen LogP contribution in [0.2, 0.25) is 20.1 Å². The number of nitrogens with two attached hydrogens (primary N) is 4. The van der Waals surface area contributed by atoms with Gasteiger partial charge in [-0.2, -0.15) is 0 Å². The monoisotopic (exact) mass is 2110 g/mol. The van der Waals surface area contributed by atoms with Crippen LogP contribution in [0, 0.1) is 13.1 Å². The Kier molecular flexibility index (Phi) is 42.8. The summed E-state index contributed by atoms with van der Waals surface area (Å²) in [6.07, 6.45) is 11.4. The minimum absolute atomic E-state index is 0. The van der Waals surface area contributed by atoms with Crippen LogP contribution in [-0.4, -0.2) is 118 Å². The van der Waals surface area contributed by atoms with Gasteiger partial charge in [0.25, 0.3) is 22.6 Å². The number of anilines is 6. The molecule has 0 aliphatic rings. The predicted octanol–water partition coefficient (Wildman–Crippen LogP) is 21.4. The number of carbonyl (C=O) groups excluding carboxylic acids is 4. The fraction of sp³-hybridized carbons (Fsp3) is 0.250. The lowest BCUT2D eigenvalue weighted by Crippen LogP contribution is -2.42. The van der Waals surface area contributed by atoms with Crippen molar-refractivity contribution in [2.45, 2.75) is 161 Å². The van der Waals surface area contributed by atoms with Crippen LogP contribution in [0.1, 0.15) is 176 Å². The lowest BCUT2D eigenvalue weighted by Gasteiger charge is -2.21. The van der Waals surface area contributed by atoms with E-state index in [2.05, 4.69) is 101 Å². The normalized spacial score (nSPS) is 11.6. The van der Waals surface area contributed by atoms with Crippen molar-refractivity contribution < 1.29 is 60.4 Å². The number of nitrogens with zero attached hydrogens (tertiary/aromatic N) is 16. The summed E-state index contributed by atoms with van der Waals surface area (Å²) in [5.74, 6) is 1.76. The molecule has 0 fully saturated rings. The first-order valence-electron chi connectivity index (χ1n) is 42.3. The molecule has 0 radical (unpaired) electrons. The van der Waals surface area contributed by atoms with Gasteiger partial charge in [0, 0.05) is 78.8 Å². The molecule has 147 heavy (non-hydrogen) atoms. The summed E-state index contributed by atoms with van der Waals surface area (Å²) in [5, 5.41) is 38.3. The molecular weight excluding hydrogens is 2000 g/mol. The number of pyridine rings is 3. The summed E-state index contributed by atoms with van der Waals surface area (Å²) in [7, 11) is 1.48. The number of Topliss-reactive ketones (excluding diaryl/α,β-unsaturated/α-hetero) is 1. The van der Waals surface area contributed by atoms with Crippen molar-refractivity contribution in [3.8, 4) is 34.6 Å². The maximum Gasteiger partial charge on any atom is 0.408 e. The Balaban J connectivity index is 0.000000277. The lowest BCUT2D eigenvalue weighted by atomic mass is 9.99. The van der Waals surface area contributed by atoms with E-state index < -0.39 is 59.1 Å². The number of aromatic nitrogens is 14. The number of ether oxygens (including phenoxy) is 3. The molecule has 0 saturated heterocycles. The summed E-state index contributed by atoms with van der Waals surface area (Å²) in [6.45, 7) is 33.9. The number of nitrogen functional groups attached to an aromatic ring is 3. The van der Waals surface area contributed by atoms with Crippen LogP contribution >= 0.6 is 58.8 Å². The number of nitrogens with one attached hydrogen (secondary N) is 5. The van der Waals surface area contributed by atoms with Gasteiger partial charge in [-0.05, 0) is 157 Å². The highest BCUT2D eigenvalue weighted by Gasteiger charge is 2.29. The Morgan fingerprint density at radius 1 is 0.483 bits per heavy atom. The van der Waals surface area contributed by atoms with E-state index in [1.165, 1.54) is 70.6 Å². The van der Waals surface area contributed by atoms with Gasteiger partial charge in [0.1, 0.15) is 59.9 Å². The largest absolute Gasteiger partial charge is 0.467 e. The Hall–Kier alpha value is -16.9. The molecule has 0 aliphatic heterocycles. The number of amides is 3. The average Bonchev–Trinajstić information content (AvgIpc) is 1.70. The highest BCUT2D eigenvalue weighted by atomic mass is 35.5. The Labute approximate surface area is 869 Å². The number of methoxy groups -OCH3 is 1. The van der Waals surface area contributed by atoms with Gasteiger partial charge in [0.15, 0.2) is 34.9 Å². The summed E-state index contributed by atoms with van der Waals surface area (Å²) >= 11 is 24.6. The van der Waals surface area contributed by atoms with Crippen LogP contribution in [-0.2, 0) is 20.7 Å². The van der Waals surface area contributed by atoms with Gasteiger partial charge in [0.2, 0.25) is 23.3 Å². The SMILES string of the molecule is C.C.C.C.C.C[C@H](N)c1cc2cccc(Cl)c2c(=O)n1-c1ccon1.C[C@H](NC(=O)OC(C)(C)C)C(=O)Cc1cccc(Cl)c1C(=O)Nc1ccon1.C[C@H](NC(=O)OC(C)(C)C)c1cc2cccc(Cl)c2c(=O)o1.Cl.Nc1ccon1.[C-]#[N+]c1cnc(N)nc1N[C@@H](C)c1cc2cccc(-c3cnc(OC)nc3)c2c(=O)n1-c1ccon1.[C-]#[N+]c1cnc(N)nc1N[C@@H](C)c1cc2cccc(Cl)c2c(=O)n1-c1ccon1. The van der Waals surface area contributed by atoms with Crippen LogP contribution in [0.25, 0.3) is 81.4 Å². The van der Waals surface area contributed by atoms with Crippen molar-refractivity contribution in [1.82, 2.24) is 80.0 Å². The third-order valence-corrected chi connectivity index (χ3v) is 21.3. The van der Waals surface area contributed by atoms with Crippen molar-refractivity contribution in [1.29, 1.82) is 0 Å². The molecule has 0 unspecified atom stereocenters. The maximum absolute atomic E-state index is 14.0. The van der Waals surface area contributed by atoms with E-state index in [9.17, 15) is 38.4 Å². The van der Waals surface area contributed by atoms with Crippen LogP contribution < -0.4 is 76.6 Å². The predicted molar refractivity (Wildman–Crippen MR) is 569 cm³/mol. The molecule has 5 atom stereocenters. The molecule has 0 spiro atoms. The first kappa shape index (κ1) is 119. The standard InChI is InChI=1S/C24H19N9O3.C19H14ClN7O2.C19H22ClN3O5.C16H18ClNO4.C14H12ClN3O2.C3H4N2O.5CH4.ClH/c1-13(30-21-17(26-2)12-27-23(25)31-21)18-9-14-5-4-6-16(15-10-28-24(35-3)29-11-15)20(14)22(34)33(18)19-7-8-36-32-19;1-10(24-17-13(22-2)9-23-19(21)25-17)14-8-11-4-3-5-12(20)16(11)18(28)27(14)15-6-7-29-26-15;1-11(21-18(26)28-19(2,3)4)14(24)10-12-6-5-7-13(20)16(12)17(25)22-15-8-9-27-23-15;1-9(18-15(20)22-16(2,3)4)12-8-10-6-5-7-11(17)13(10)14(19)21-12;1-8(16)11-7-9-3-2-4-10(15)13(9)14(19)18(11)12-5-6-20-17-12;4-3-1-2-6-5-3;;;;;;/h4-13H,1,3H3,(H3,25,27,30,31);3-10H,1H3,(H3,21,23,24,25);5-9,11H,10H2,1-4H3,(H,21,26)(H,22,23,25);5-9H,1-4H3,(H,18,20);2-8H,16H2,1H3;1-2H,(H2,4,5);5*1H4;1H/t13-;10-;11-;9-;8-;;;;;;;/m00000......./s1. The number of fused-ring (bicyclic) bond motifs is 4. The molecule has 772 valence electrons. The highest BCUT2D eigenvalue weighted by Crippen LogP contribution is 2.36. The number of rotatable bonds is 20. The minimum Gasteiger partial charge on any atom is -0.467 e. The number of ketones is 1. The third-order valence-electron chi connectivity index (χ3n) is 20.0. The van der Waals surface area contributed by atoms with E-state index in [0.29, 0.717) is 116 Å². The zero-order valence-corrected chi connectivity index (χ0v) is 81.3. The highest BCUT2D eigenvalue weighted by molar-refractivity contribution is 6.36. The molecule has 47 heteroatoms. The number of alkyl carbamates (subject to hydrolysis) is 2. The molecule has 0 saturated carbocycles. The average molecular weight is 2110 g/mol. The van der Waals surface area contributed by atoms with Crippen molar-refractivity contribution in [2.24, 2.45) is 5.73 Å². The smallest absolute Gasteiger partial charge is 0.408 e. The van der Waals surface area contributed by atoms with Gasteiger partial charge < -0.3 is 90.8 Å². The number of benzene rings is 5. The van der Waals surface area contributed by atoms with E-state index in [1.54, 1.807) is 165 Å². The number of hydrogen-bond acceptors (Lipinski definition) is 34. The van der Waals surface area contributed by atoms with Crippen LogP contribution in [0.3, 0.4) is 0 Å². The van der Waals surface area contributed by atoms with Gasteiger partial charge in [-0.25, -0.2) is 54.0 Å². The van der Waals surface area contributed by atoms with Crippen molar-refractivity contribution in [3.63, 3.8) is 0 Å². The molecule has 0 bridgehead atoms.